The molecule has 2 rings (SSSR count). The summed E-state index contributed by atoms with van der Waals surface area (Å²) >= 11 is 5.86. The molecule has 0 radical (unpaired) electrons. The first-order valence-electron chi connectivity index (χ1n) is 8.71. The van der Waals surface area contributed by atoms with Crippen molar-refractivity contribution in [3.05, 3.63) is 58.6 Å². The Hall–Kier alpha value is -3.15. The average molecular weight is 397 g/mol. The summed E-state index contributed by atoms with van der Waals surface area (Å²) in [6.45, 7) is 1.77. The van der Waals surface area contributed by atoms with Gasteiger partial charge >= 0.3 is 0 Å². The highest BCUT2D eigenvalue weighted by Crippen LogP contribution is 2.29. The summed E-state index contributed by atoms with van der Waals surface area (Å²) in [6, 6.07) is 13.6. The van der Waals surface area contributed by atoms with Gasteiger partial charge in [0.15, 0.2) is 17.6 Å². The number of carbonyl (C=O) groups excluding carboxylic acids is 1. The normalized spacial score (nSPS) is 12.2. The van der Waals surface area contributed by atoms with Gasteiger partial charge in [0, 0.05) is 11.4 Å². The highest BCUT2D eigenvalue weighted by molar-refractivity contribution is 6.30. The summed E-state index contributed by atoms with van der Waals surface area (Å²) in [4.78, 5) is 12.3. The fraction of sp³-hybridized carbons (Fsp3) is 0.273. The number of hydrogen-bond donors (Lipinski definition) is 1. The molecule has 0 saturated heterocycles. The van der Waals surface area contributed by atoms with Gasteiger partial charge in [0.25, 0.3) is 0 Å². The monoisotopic (exact) mass is 396 g/mol. The molecule has 0 heterocycles. The van der Waals surface area contributed by atoms with Gasteiger partial charge in [-0.1, -0.05) is 35.7 Å². The molecule has 28 heavy (non-hydrogen) atoms. The van der Waals surface area contributed by atoms with Crippen molar-refractivity contribution in [2.24, 2.45) is 0 Å². The third-order valence-electron chi connectivity index (χ3n) is 4.04. The predicted octanol–water partition coefficient (Wildman–Crippen LogP) is 4.06. The number of aryl methyl sites for hydroxylation is 1. The Balaban J connectivity index is 1.97. The van der Waals surface area contributed by atoms with E-state index in [1.807, 2.05) is 12.1 Å². The van der Waals surface area contributed by atoms with E-state index in [9.17, 15) is 10.1 Å². The molecule has 0 spiro atoms. The number of terminal acetylenes is 1. The Morgan fingerprint density at radius 3 is 2.57 bits per heavy atom. The van der Waals surface area contributed by atoms with Crippen LogP contribution in [-0.4, -0.2) is 19.1 Å². The second kappa shape index (κ2) is 10.3. The lowest BCUT2D eigenvalue weighted by molar-refractivity contribution is -0.121. The molecule has 0 aliphatic carbocycles. The van der Waals surface area contributed by atoms with E-state index in [0.717, 1.165) is 5.56 Å². The third-order valence-corrected chi connectivity index (χ3v) is 4.30. The molecular weight excluding hydrogens is 376 g/mol. The van der Waals surface area contributed by atoms with Crippen molar-refractivity contribution in [2.45, 2.75) is 31.9 Å². The van der Waals surface area contributed by atoms with Crippen LogP contribution < -0.4 is 14.8 Å². The molecule has 0 aliphatic rings. The molecule has 6 heteroatoms. The van der Waals surface area contributed by atoms with Gasteiger partial charge in [-0.3, -0.25) is 4.79 Å². The van der Waals surface area contributed by atoms with Gasteiger partial charge in [-0.2, -0.15) is 5.26 Å². The lowest BCUT2D eigenvalue weighted by Gasteiger charge is -2.14. The van der Waals surface area contributed by atoms with E-state index in [2.05, 4.69) is 17.3 Å². The van der Waals surface area contributed by atoms with Crippen LogP contribution in [0, 0.1) is 23.7 Å². The Bertz CT molecular complexity index is 897. The zero-order valence-electron chi connectivity index (χ0n) is 15.7. The molecule has 0 aliphatic heterocycles. The highest BCUT2D eigenvalue weighted by atomic mass is 35.5. The van der Waals surface area contributed by atoms with Crippen LogP contribution in [-0.2, 0) is 11.2 Å². The molecule has 5 nitrogen and oxygen atoms in total. The quantitative estimate of drug-likeness (QED) is 0.683. The van der Waals surface area contributed by atoms with Crippen LogP contribution in [0.3, 0.4) is 0 Å². The first-order chi connectivity index (χ1) is 13.5. The number of nitrogens with one attached hydrogen (secondary N) is 1. The van der Waals surface area contributed by atoms with Gasteiger partial charge in [-0.15, -0.1) is 6.42 Å². The fourth-order valence-electron chi connectivity index (χ4n) is 2.53. The minimum absolute atomic E-state index is 0.221. The largest absolute Gasteiger partial charge is 0.493 e. The zero-order chi connectivity index (χ0) is 20.5. The van der Waals surface area contributed by atoms with E-state index in [0.29, 0.717) is 28.5 Å². The first kappa shape index (κ1) is 21.2. The number of halogens is 1. The summed E-state index contributed by atoms with van der Waals surface area (Å²) in [5.41, 5.74) is 1.60. The number of rotatable bonds is 8. The number of nitriles is 1. The summed E-state index contributed by atoms with van der Waals surface area (Å²) in [5.74, 6) is 3.38. The van der Waals surface area contributed by atoms with Crippen LogP contribution >= 0.6 is 11.6 Å². The minimum Gasteiger partial charge on any atom is -0.493 e. The first-order valence-corrected chi connectivity index (χ1v) is 9.08. The predicted molar refractivity (Wildman–Crippen MR) is 108 cm³/mol. The Kier molecular flexibility index (Phi) is 7.75. The Morgan fingerprint density at radius 1 is 1.25 bits per heavy atom. The number of ether oxygens (including phenoxy) is 2. The average Bonchev–Trinajstić information content (AvgIpc) is 2.71. The molecule has 2 atom stereocenters. The van der Waals surface area contributed by atoms with Gasteiger partial charge in [0.2, 0.25) is 5.91 Å². The number of methoxy groups -OCH3 is 1. The molecular formula is C22H21ClN2O3. The fourth-order valence-corrected chi connectivity index (χ4v) is 2.65. The summed E-state index contributed by atoms with van der Waals surface area (Å²) in [6.07, 6.45) is 5.68. The minimum atomic E-state index is -0.722. The summed E-state index contributed by atoms with van der Waals surface area (Å²) in [5, 5.41) is 12.6. The van der Waals surface area contributed by atoms with Gasteiger partial charge in [0.1, 0.15) is 6.04 Å². The van der Waals surface area contributed by atoms with Crippen LogP contribution in [0.15, 0.2) is 42.5 Å². The van der Waals surface area contributed by atoms with Crippen LogP contribution in [0.4, 0.5) is 0 Å². The van der Waals surface area contributed by atoms with E-state index in [1.165, 1.54) is 0 Å². The van der Waals surface area contributed by atoms with Crippen molar-refractivity contribution in [3.8, 4) is 29.9 Å². The van der Waals surface area contributed by atoms with E-state index >= 15 is 0 Å². The van der Waals surface area contributed by atoms with Crippen molar-refractivity contribution >= 4 is 17.5 Å². The van der Waals surface area contributed by atoms with E-state index in [1.54, 1.807) is 44.4 Å². The molecule has 0 bridgehead atoms. The molecule has 2 aromatic carbocycles. The number of amides is 1. The number of carbonyl (C=O) groups is 1. The van der Waals surface area contributed by atoms with Crippen molar-refractivity contribution in [3.63, 3.8) is 0 Å². The molecule has 0 saturated carbocycles. The smallest absolute Gasteiger partial charge is 0.221 e. The van der Waals surface area contributed by atoms with Crippen molar-refractivity contribution < 1.29 is 14.3 Å². The number of benzene rings is 2. The number of nitrogens with zero attached hydrogens (tertiary/aromatic N) is 1. The van der Waals surface area contributed by atoms with Gasteiger partial charge in [-0.05, 0) is 48.7 Å². The van der Waals surface area contributed by atoms with Gasteiger partial charge < -0.3 is 14.8 Å². The molecule has 2 aromatic rings. The van der Waals surface area contributed by atoms with Crippen LogP contribution in [0.5, 0.6) is 11.5 Å². The van der Waals surface area contributed by atoms with Crippen LogP contribution in [0.2, 0.25) is 5.02 Å². The zero-order valence-corrected chi connectivity index (χ0v) is 16.5. The molecule has 2 unspecified atom stereocenters. The molecule has 0 aromatic heterocycles. The maximum absolute atomic E-state index is 12.3. The molecule has 144 valence electrons. The molecule has 1 amide bonds. The van der Waals surface area contributed by atoms with Crippen molar-refractivity contribution in [1.29, 1.82) is 5.26 Å². The highest BCUT2D eigenvalue weighted by Gasteiger charge is 2.14. The van der Waals surface area contributed by atoms with E-state index in [4.69, 9.17) is 27.5 Å². The Morgan fingerprint density at radius 2 is 1.96 bits per heavy atom. The standard InChI is InChI=1S/C22H21ClN2O3/c1-4-15(2)28-20-11-5-16(13-21(20)27-3)6-12-22(26)25-19(14-24)17-7-9-18(23)10-8-17/h1,5,7-11,13,15,19H,6,12H2,2-3H3,(H,25,26). The van der Waals surface area contributed by atoms with Gasteiger partial charge in [0.05, 0.1) is 13.2 Å². The maximum atomic E-state index is 12.3. The topological polar surface area (TPSA) is 71.3 Å². The van der Waals surface area contributed by atoms with Crippen molar-refractivity contribution in [1.82, 2.24) is 5.32 Å². The maximum Gasteiger partial charge on any atom is 0.221 e. The van der Waals surface area contributed by atoms with Crippen LogP contribution in [0.1, 0.15) is 30.5 Å². The lowest BCUT2D eigenvalue weighted by Crippen LogP contribution is -2.27. The van der Waals surface area contributed by atoms with Gasteiger partial charge in [-0.25, -0.2) is 0 Å². The summed E-state index contributed by atoms with van der Waals surface area (Å²) < 4.78 is 10.9. The third kappa shape index (κ3) is 5.94. The second-order valence-electron chi connectivity index (χ2n) is 6.09. The molecule has 1 N–H and O–H groups in total. The lowest BCUT2D eigenvalue weighted by atomic mass is 10.1. The van der Waals surface area contributed by atoms with Crippen molar-refractivity contribution in [2.75, 3.05) is 7.11 Å². The van der Waals surface area contributed by atoms with E-state index in [-0.39, 0.29) is 18.4 Å². The van der Waals surface area contributed by atoms with E-state index < -0.39 is 6.04 Å². The Labute approximate surface area is 170 Å². The SMILES string of the molecule is C#CC(C)Oc1ccc(CCC(=O)NC(C#N)c2ccc(Cl)cc2)cc1OC. The molecule has 0 fully saturated rings. The summed E-state index contributed by atoms with van der Waals surface area (Å²) in [7, 11) is 1.54. The number of hydrogen-bond acceptors (Lipinski definition) is 4. The second-order valence-corrected chi connectivity index (χ2v) is 6.53. The van der Waals surface area contributed by atoms with Crippen LogP contribution in [0.25, 0.3) is 0 Å².